The molecule has 0 aromatic heterocycles. The highest BCUT2D eigenvalue weighted by atomic mass is 16.2. The van der Waals surface area contributed by atoms with Crippen LogP contribution in [0, 0.1) is 0 Å². The summed E-state index contributed by atoms with van der Waals surface area (Å²) in [6.45, 7) is 4.45. The number of nitrogens with zero attached hydrogens (tertiary/aromatic N) is 2. The summed E-state index contributed by atoms with van der Waals surface area (Å²) in [6, 6.07) is 16.6. The van der Waals surface area contributed by atoms with Crippen LogP contribution >= 0.6 is 0 Å². The Morgan fingerprint density at radius 2 is 1.80 bits per heavy atom. The lowest BCUT2D eigenvalue weighted by Gasteiger charge is -2.38. The first-order chi connectivity index (χ1) is 14.6. The summed E-state index contributed by atoms with van der Waals surface area (Å²) in [5.41, 5.74) is 4.90. The van der Waals surface area contributed by atoms with Gasteiger partial charge in [-0.3, -0.25) is 9.59 Å². The molecule has 0 saturated heterocycles. The van der Waals surface area contributed by atoms with Gasteiger partial charge in [-0.05, 0) is 54.0 Å². The SMILES string of the molecule is CCCN(C(=O)CC1c2ccccc2C=CN1C(C)=O)C1CCc2ccccc2C1. The maximum absolute atomic E-state index is 13.6. The van der Waals surface area contributed by atoms with Crippen LogP contribution in [0.3, 0.4) is 0 Å². The smallest absolute Gasteiger partial charge is 0.225 e. The van der Waals surface area contributed by atoms with Crippen molar-refractivity contribution in [1.29, 1.82) is 0 Å². The summed E-state index contributed by atoms with van der Waals surface area (Å²) in [5, 5.41) is 0. The second kappa shape index (κ2) is 8.86. The molecule has 2 atom stereocenters. The van der Waals surface area contributed by atoms with Crippen molar-refractivity contribution in [3.05, 3.63) is 77.0 Å². The van der Waals surface area contributed by atoms with Crippen LogP contribution in [0.4, 0.5) is 0 Å². The maximum Gasteiger partial charge on any atom is 0.225 e. The number of amides is 2. The van der Waals surface area contributed by atoms with Crippen molar-refractivity contribution in [3.8, 4) is 0 Å². The molecule has 4 nitrogen and oxygen atoms in total. The molecule has 1 aliphatic heterocycles. The van der Waals surface area contributed by atoms with Gasteiger partial charge < -0.3 is 9.80 Å². The Hall–Kier alpha value is -2.88. The number of aryl methyl sites for hydroxylation is 1. The molecule has 1 aliphatic carbocycles. The van der Waals surface area contributed by atoms with Crippen LogP contribution in [-0.4, -0.2) is 34.2 Å². The van der Waals surface area contributed by atoms with Gasteiger partial charge in [-0.25, -0.2) is 0 Å². The van der Waals surface area contributed by atoms with E-state index in [1.807, 2.05) is 36.5 Å². The van der Waals surface area contributed by atoms with Gasteiger partial charge >= 0.3 is 0 Å². The molecule has 0 N–H and O–H groups in total. The minimum absolute atomic E-state index is 0.0350. The van der Waals surface area contributed by atoms with E-state index in [4.69, 9.17) is 0 Å². The molecule has 4 rings (SSSR count). The Balaban J connectivity index is 1.57. The largest absolute Gasteiger partial charge is 0.339 e. The van der Waals surface area contributed by atoms with Gasteiger partial charge in [0.1, 0.15) is 0 Å². The molecule has 2 aromatic rings. The van der Waals surface area contributed by atoms with Crippen LogP contribution in [-0.2, 0) is 22.4 Å². The number of benzene rings is 2. The second-order valence-corrected chi connectivity index (χ2v) is 8.34. The van der Waals surface area contributed by atoms with Gasteiger partial charge in [-0.1, -0.05) is 55.5 Å². The first-order valence-electron chi connectivity index (χ1n) is 11.0. The van der Waals surface area contributed by atoms with E-state index < -0.39 is 0 Å². The van der Waals surface area contributed by atoms with E-state index in [0.29, 0.717) is 6.42 Å². The number of carbonyl (C=O) groups excluding carboxylic acids is 2. The molecule has 156 valence electrons. The van der Waals surface area contributed by atoms with E-state index in [2.05, 4.69) is 36.1 Å². The van der Waals surface area contributed by atoms with Crippen molar-refractivity contribution in [1.82, 2.24) is 9.80 Å². The fourth-order valence-corrected chi connectivity index (χ4v) is 4.89. The lowest BCUT2D eigenvalue weighted by molar-refractivity contribution is -0.136. The standard InChI is InChI=1S/C26H30N2O2/c1-3-15-28(23-13-12-20-8-4-5-10-22(20)17-23)26(30)18-25-24-11-7-6-9-21(24)14-16-27(25)19(2)29/h4-11,14,16,23,25H,3,12-13,15,17-18H2,1-2H3. The molecule has 0 radical (unpaired) electrons. The molecule has 2 unspecified atom stereocenters. The first-order valence-corrected chi connectivity index (χ1v) is 11.0. The summed E-state index contributed by atoms with van der Waals surface area (Å²) >= 11 is 0. The maximum atomic E-state index is 13.6. The highest BCUT2D eigenvalue weighted by Gasteiger charge is 2.33. The highest BCUT2D eigenvalue weighted by molar-refractivity contribution is 5.82. The lowest BCUT2D eigenvalue weighted by Crippen LogP contribution is -2.45. The number of carbonyl (C=O) groups is 2. The van der Waals surface area contributed by atoms with E-state index in [0.717, 1.165) is 43.4 Å². The quantitative estimate of drug-likeness (QED) is 0.724. The fourth-order valence-electron chi connectivity index (χ4n) is 4.89. The zero-order valence-electron chi connectivity index (χ0n) is 17.9. The van der Waals surface area contributed by atoms with Crippen LogP contribution in [0.1, 0.15) is 61.4 Å². The van der Waals surface area contributed by atoms with E-state index in [-0.39, 0.29) is 23.9 Å². The third-order valence-corrected chi connectivity index (χ3v) is 6.38. The molecule has 0 saturated carbocycles. The van der Waals surface area contributed by atoms with E-state index >= 15 is 0 Å². The minimum Gasteiger partial charge on any atom is -0.339 e. The molecule has 4 heteroatoms. The van der Waals surface area contributed by atoms with Gasteiger partial charge in [-0.2, -0.15) is 0 Å². The van der Waals surface area contributed by atoms with Crippen LogP contribution in [0.15, 0.2) is 54.7 Å². The predicted molar refractivity (Wildman–Crippen MR) is 120 cm³/mol. The Bertz CT molecular complexity index is 965. The van der Waals surface area contributed by atoms with Crippen LogP contribution in [0.2, 0.25) is 0 Å². The predicted octanol–water partition coefficient (Wildman–Crippen LogP) is 4.75. The fraction of sp³-hybridized carbons (Fsp3) is 0.385. The normalized spacial score (nSPS) is 19.7. The van der Waals surface area contributed by atoms with Crippen LogP contribution in [0.25, 0.3) is 6.08 Å². The number of hydrogen-bond donors (Lipinski definition) is 0. The van der Waals surface area contributed by atoms with Crippen molar-refractivity contribution in [3.63, 3.8) is 0 Å². The topological polar surface area (TPSA) is 40.6 Å². The number of rotatable bonds is 5. The Morgan fingerprint density at radius 3 is 2.57 bits per heavy atom. The first kappa shape index (κ1) is 20.4. The Kier molecular flexibility index (Phi) is 6.03. The molecule has 0 fully saturated rings. The van der Waals surface area contributed by atoms with E-state index in [1.54, 1.807) is 11.8 Å². The summed E-state index contributed by atoms with van der Waals surface area (Å²) in [4.78, 5) is 29.6. The third-order valence-electron chi connectivity index (χ3n) is 6.38. The van der Waals surface area contributed by atoms with Crippen molar-refractivity contribution < 1.29 is 9.59 Å². The van der Waals surface area contributed by atoms with Crippen molar-refractivity contribution >= 4 is 17.9 Å². The van der Waals surface area contributed by atoms with E-state index in [9.17, 15) is 9.59 Å². The number of hydrogen-bond acceptors (Lipinski definition) is 2. The molecule has 2 aromatic carbocycles. The molecule has 2 aliphatic rings. The van der Waals surface area contributed by atoms with E-state index in [1.165, 1.54) is 11.1 Å². The van der Waals surface area contributed by atoms with Gasteiger partial charge in [0.15, 0.2) is 0 Å². The van der Waals surface area contributed by atoms with Crippen molar-refractivity contribution in [2.75, 3.05) is 6.54 Å². The van der Waals surface area contributed by atoms with Gasteiger partial charge in [0.2, 0.25) is 11.8 Å². The summed E-state index contributed by atoms with van der Waals surface area (Å²) < 4.78 is 0. The van der Waals surface area contributed by atoms with Crippen LogP contribution in [0.5, 0.6) is 0 Å². The zero-order chi connectivity index (χ0) is 21.1. The summed E-state index contributed by atoms with van der Waals surface area (Å²) in [5.74, 6) is 0.106. The number of fused-ring (bicyclic) bond motifs is 2. The highest BCUT2D eigenvalue weighted by Crippen LogP contribution is 2.34. The van der Waals surface area contributed by atoms with Crippen LogP contribution < -0.4 is 0 Å². The van der Waals surface area contributed by atoms with Crippen molar-refractivity contribution in [2.24, 2.45) is 0 Å². The lowest BCUT2D eigenvalue weighted by atomic mass is 9.87. The molecule has 0 bridgehead atoms. The molecule has 30 heavy (non-hydrogen) atoms. The van der Waals surface area contributed by atoms with Gasteiger partial charge in [-0.15, -0.1) is 0 Å². The van der Waals surface area contributed by atoms with Gasteiger partial charge in [0.25, 0.3) is 0 Å². The zero-order valence-corrected chi connectivity index (χ0v) is 17.9. The van der Waals surface area contributed by atoms with Gasteiger partial charge in [0, 0.05) is 25.7 Å². The average Bonchev–Trinajstić information content (AvgIpc) is 2.77. The van der Waals surface area contributed by atoms with Gasteiger partial charge in [0.05, 0.1) is 12.5 Å². The Labute approximate surface area is 179 Å². The molecule has 2 amide bonds. The summed E-state index contributed by atoms with van der Waals surface area (Å²) in [6.07, 6.45) is 7.96. The second-order valence-electron chi connectivity index (χ2n) is 8.34. The average molecular weight is 403 g/mol. The molecule has 1 heterocycles. The minimum atomic E-state index is -0.244. The monoisotopic (exact) mass is 402 g/mol. The molecular formula is C26H30N2O2. The Morgan fingerprint density at radius 1 is 1.07 bits per heavy atom. The third kappa shape index (κ3) is 4.04. The van der Waals surface area contributed by atoms with Crippen molar-refractivity contribution in [2.45, 2.75) is 58.0 Å². The summed E-state index contributed by atoms with van der Waals surface area (Å²) in [7, 11) is 0. The molecule has 0 spiro atoms. The molecular weight excluding hydrogens is 372 g/mol.